The van der Waals surface area contributed by atoms with Gasteiger partial charge in [0.15, 0.2) is 11.5 Å². The number of hydrogen-bond acceptors (Lipinski definition) is 6. The van der Waals surface area contributed by atoms with Crippen molar-refractivity contribution in [1.82, 2.24) is 5.32 Å². The Hall–Kier alpha value is -1.71. The molecule has 1 aliphatic rings. The van der Waals surface area contributed by atoms with Crippen LogP contribution in [0.25, 0.3) is 0 Å². The molecule has 1 amide bonds. The van der Waals surface area contributed by atoms with Crippen LogP contribution in [0.3, 0.4) is 0 Å². The van der Waals surface area contributed by atoms with E-state index >= 15 is 0 Å². The number of methoxy groups -OCH3 is 2. The van der Waals surface area contributed by atoms with Crippen molar-refractivity contribution in [1.29, 1.82) is 0 Å². The van der Waals surface area contributed by atoms with Crippen molar-refractivity contribution in [3.05, 3.63) is 17.7 Å². The van der Waals surface area contributed by atoms with Crippen LogP contribution in [0.4, 0.5) is 5.69 Å². The minimum atomic E-state index is -3.54. The molecule has 2 rings (SSSR count). The molecule has 10 heteroatoms. The fourth-order valence-electron chi connectivity index (χ4n) is 2.90. The lowest BCUT2D eigenvalue weighted by atomic mass is 9.91. The molecule has 0 radical (unpaired) electrons. The first-order valence-electron chi connectivity index (χ1n) is 8.03. The van der Waals surface area contributed by atoms with Crippen LogP contribution in [0.5, 0.6) is 11.5 Å². The number of rotatable bonds is 6. The predicted molar refractivity (Wildman–Crippen MR) is 103 cm³/mol. The monoisotopic (exact) mass is 407 g/mol. The molecule has 0 saturated heterocycles. The van der Waals surface area contributed by atoms with Gasteiger partial charge in [0.05, 0.1) is 26.2 Å². The van der Waals surface area contributed by atoms with Gasteiger partial charge in [-0.15, -0.1) is 12.4 Å². The van der Waals surface area contributed by atoms with Crippen LogP contribution in [0.15, 0.2) is 12.1 Å². The second-order valence-corrected chi connectivity index (χ2v) is 7.97. The molecular formula is C16H26ClN3O5S. The maximum absolute atomic E-state index is 12.6. The molecule has 1 aromatic rings. The number of benzene rings is 1. The number of hydrogen-bond donors (Lipinski definition) is 3. The molecule has 0 aliphatic heterocycles. The van der Waals surface area contributed by atoms with Crippen LogP contribution in [0.1, 0.15) is 36.0 Å². The Labute approximate surface area is 160 Å². The van der Waals surface area contributed by atoms with Gasteiger partial charge in [0, 0.05) is 17.6 Å². The molecule has 0 heterocycles. The van der Waals surface area contributed by atoms with Gasteiger partial charge in [-0.3, -0.25) is 9.52 Å². The molecule has 0 bridgehead atoms. The molecule has 1 fully saturated rings. The molecule has 1 aromatic carbocycles. The van der Waals surface area contributed by atoms with Gasteiger partial charge in [-0.2, -0.15) is 0 Å². The average molecular weight is 408 g/mol. The lowest BCUT2D eigenvalue weighted by molar-refractivity contribution is 0.0925. The molecule has 1 aliphatic carbocycles. The van der Waals surface area contributed by atoms with Crippen molar-refractivity contribution in [3.8, 4) is 11.5 Å². The van der Waals surface area contributed by atoms with Crippen LogP contribution in [-0.2, 0) is 10.0 Å². The molecule has 148 valence electrons. The highest BCUT2D eigenvalue weighted by Crippen LogP contribution is 2.37. The molecule has 0 spiro atoms. The first-order chi connectivity index (χ1) is 11.7. The number of carbonyl (C=O) groups is 1. The molecule has 0 atom stereocenters. The van der Waals surface area contributed by atoms with Crippen molar-refractivity contribution in [3.63, 3.8) is 0 Å². The highest BCUT2D eigenvalue weighted by Gasteiger charge is 2.23. The van der Waals surface area contributed by atoms with E-state index in [4.69, 9.17) is 15.2 Å². The summed E-state index contributed by atoms with van der Waals surface area (Å²) in [5.74, 6) is 0.193. The fourth-order valence-corrected chi connectivity index (χ4v) is 3.45. The standard InChI is InChI=1S/C16H25N3O5S.ClH/c1-23-14-9-10(8-13(15(14)24-2)19-25(3,21)22)16(20)18-12-6-4-11(17)5-7-12;/h8-9,11-12,19H,4-7,17H2,1-3H3,(H,18,20);1H. The van der Waals surface area contributed by atoms with Crippen molar-refractivity contribution in [2.45, 2.75) is 37.8 Å². The number of sulfonamides is 1. The highest BCUT2D eigenvalue weighted by atomic mass is 35.5. The molecular weight excluding hydrogens is 382 g/mol. The van der Waals surface area contributed by atoms with Gasteiger partial charge in [-0.25, -0.2) is 8.42 Å². The third kappa shape index (κ3) is 5.93. The van der Waals surface area contributed by atoms with Crippen molar-refractivity contribution < 1.29 is 22.7 Å². The second kappa shape index (κ2) is 9.29. The summed E-state index contributed by atoms with van der Waals surface area (Å²) in [4.78, 5) is 12.6. The zero-order valence-electron chi connectivity index (χ0n) is 15.1. The maximum atomic E-state index is 12.6. The van der Waals surface area contributed by atoms with E-state index < -0.39 is 10.0 Å². The van der Waals surface area contributed by atoms with Gasteiger partial charge in [0.1, 0.15) is 0 Å². The van der Waals surface area contributed by atoms with Gasteiger partial charge in [-0.05, 0) is 37.8 Å². The topological polar surface area (TPSA) is 120 Å². The first-order valence-corrected chi connectivity index (χ1v) is 9.93. The van der Waals surface area contributed by atoms with Gasteiger partial charge in [0.2, 0.25) is 10.0 Å². The van der Waals surface area contributed by atoms with Crippen molar-refractivity contribution in [2.75, 3.05) is 25.2 Å². The lowest BCUT2D eigenvalue weighted by Crippen LogP contribution is -2.40. The summed E-state index contributed by atoms with van der Waals surface area (Å²) in [5, 5.41) is 2.97. The minimum absolute atomic E-state index is 0. The largest absolute Gasteiger partial charge is 0.493 e. The number of nitrogens with one attached hydrogen (secondary N) is 2. The number of amides is 1. The number of carbonyl (C=O) groups excluding carboxylic acids is 1. The summed E-state index contributed by atoms with van der Waals surface area (Å²) in [5.41, 5.74) is 6.32. The number of halogens is 1. The van der Waals surface area contributed by atoms with Crippen molar-refractivity contribution >= 4 is 34.0 Å². The Balaban J connectivity index is 0.00000338. The van der Waals surface area contributed by atoms with E-state index in [1.54, 1.807) is 0 Å². The summed E-state index contributed by atoms with van der Waals surface area (Å²) in [6, 6.07) is 3.22. The van der Waals surface area contributed by atoms with Crippen LogP contribution in [0.2, 0.25) is 0 Å². The first kappa shape index (κ1) is 22.3. The van der Waals surface area contributed by atoms with Crippen LogP contribution in [0, 0.1) is 0 Å². The molecule has 0 unspecified atom stereocenters. The fraction of sp³-hybridized carbons (Fsp3) is 0.562. The Morgan fingerprint density at radius 3 is 2.27 bits per heavy atom. The summed E-state index contributed by atoms with van der Waals surface area (Å²) in [6.45, 7) is 0. The van der Waals surface area contributed by atoms with Crippen LogP contribution >= 0.6 is 12.4 Å². The van der Waals surface area contributed by atoms with Crippen LogP contribution < -0.4 is 25.2 Å². The lowest BCUT2D eigenvalue weighted by Gasteiger charge is -2.27. The molecule has 1 saturated carbocycles. The van der Waals surface area contributed by atoms with E-state index in [2.05, 4.69) is 10.0 Å². The molecule has 26 heavy (non-hydrogen) atoms. The third-order valence-corrected chi connectivity index (χ3v) is 4.73. The minimum Gasteiger partial charge on any atom is -0.493 e. The van der Waals surface area contributed by atoms with Crippen molar-refractivity contribution in [2.24, 2.45) is 5.73 Å². The highest BCUT2D eigenvalue weighted by molar-refractivity contribution is 7.92. The Morgan fingerprint density at radius 2 is 1.77 bits per heavy atom. The summed E-state index contributed by atoms with van der Waals surface area (Å²) in [6.07, 6.45) is 4.43. The maximum Gasteiger partial charge on any atom is 0.251 e. The number of ether oxygens (including phenoxy) is 2. The summed E-state index contributed by atoms with van der Waals surface area (Å²) < 4.78 is 35.9. The van der Waals surface area contributed by atoms with Gasteiger partial charge < -0.3 is 20.5 Å². The predicted octanol–water partition coefficient (Wildman–Crippen LogP) is 1.50. The zero-order valence-corrected chi connectivity index (χ0v) is 16.7. The smallest absolute Gasteiger partial charge is 0.251 e. The quantitative estimate of drug-likeness (QED) is 0.657. The third-order valence-electron chi connectivity index (χ3n) is 4.14. The normalized spacial score (nSPS) is 19.8. The molecule has 4 N–H and O–H groups in total. The van der Waals surface area contributed by atoms with E-state index in [1.165, 1.54) is 26.4 Å². The SMILES string of the molecule is COc1cc(C(=O)NC2CCC(N)CC2)cc(NS(C)(=O)=O)c1OC.Cl. The second-order valence-electron chi connectivity index (χ2n) is 6.22. The van der Waals surface area contributed by atoms with Gasteiger partial charge >= 0.3 is 0 Å². The van der Waals surface area contributed by atoms with E-state index in [0.29, 0.717) is 5.56 Å². The molecule has 8 nitrogen and oxygen atoms in total. The number of anilines is 1. The Kier molecular flexibility index (Phi) is 7.98. The van der Waals surface area contributed by atoms with E-state index in [1.807, 2.05) is 0 Å². The van der Waals surface area contributed by atoms with Gasteiger partial charge in [0.25, 0.3) is 5.91 Å². The Bertz CT molecular complexity index is 734. The van der Waals surface area contributed by atoms with Gasteiger partial charge in [-0.1, -0.05) is 0 Å². The molecule has 0 aromatic heterocycles. The van der Waals surface area contributed by atoms with E-state index in [0.717, 1.165) is 31.9 Å². The summed E-state index contributed by atoms with van der Waals surface area (Å²) in [7, 11) is -0.720. The zero-order chi connectivity index (χ0) is 18.6. The van der Waals surface area contributed by atoms with Crippen LogP contribution in [-0.4, -0.2) is 46.9 Å². The summed E-state index contributed by atoms with van der Waals surface area (Å²) >= 11 is 0. The van der Waals surface area contributed by atoms with E-state index in [9.17, 15) is 13.2 Å². The number of nitrogens with two attached hydrogens (primary N) is 1. The Morgan fingerprint density at radius 1 is 1.15 bits per heavy atom. The van der Waals surface area contributed by atoms with E-state index in [-0.39, 0.29) is 47.6 Å². The average Bonchev–Trinajstić information content (AvgIpc) is 2.54.